The Bertz CT molecular complexity index is 278. The smallest absolute Gasteiger partial charge is 0.128 e. The number of aryl methyl sites for hydroxylation is 1. The van der Waals surface area contributed by atoms with E-state index in [1.165, 1.54) is 31.5 Å². The molecule has 2 rings (SSSR count). The summed E-state index contributed by atoms with van der Waals surface area (Å²) in [7, 11) is 0. The molecular formula is C11H15BrN2. The van der Waals surface area contributed by atoms with Crippen LogP contribution in [-0.4, -0.2) is 23.4 Å². The van der Waals surface area contributed by atoms with Crippen LogP contribution >= 0.6 is 15.9 Å². The monoisotopic (exact) mass is 254 g/mol. The van der Waals surface area contributed by atoms with Crippen molar-refractivity contribution in [3.05, 3.63) is 23.9 Å². The fraction of sp³-hybridized carbons (Fsp3) is 0.545. The van der Waals surface area contributed by atoms with Gasteiger partial charge in [-0.2, -0.15) is 0 Å². The van der Waals surface area contributed by atoms with Gasteiger partial charge >= 0.3 is 0 Å². The van der Waals surface area contributed by atoms with Gasteiger partial charge in [-0.05, 0) is 30.9 Å². The molecule has 76 valence electrons. The van der Waals surface area contributed by atoms with Crippen molar-refractivity contribution in [3.63, 3.8) is 0 Å². The number of alkyl halides is 1. The molecule has 0 aromatic carbocycles. The number of nitrogens with zero attached hydrogens (tertiary/aromatic N) is 2. The van der Waals surface area contributed by atoms with Crippen LogP contribution in [0.2, 0.25) is 0 Å². The summed E-state index contributed by atoms with van der Waals surface area (Å²) in [5, 5.41) is 1.01. The molecule has 1 aliphatic heterocycles. The molecule has 0 radical (unpaired) electrons. The van der Waals surface area contributed by atoms with E-state index in [1.807, 2.05) is 6.20 Å². The molecule has 1 saturated heterocycles. The maximum atomic E-state index is 4.48. The molecule has 0 spiro atoms. The van der Waals surface area contributed by atoms with Crippen molar-refractivity contribution in [2.45, 2.75) is 19.3 Å². The Morgan fingerprint density at radius 1 is 1.29 bits per heavy atom. The second kappa shape index (κ2) is 4.78. The van der Waals surface area contributed by atoms with Gasteiger partial charge in [0, 0.05) is 24.6 Å². The quantitative estimate of drug-likeness (QED) is 0.772. The summed E-state index contributed by atoms with van der Waals surface area (Å²) in [6.45, 7) is 2.34. The van der Waals surface area contributed by atoms with E-state index in [4.69, 9.17) is 0 Å². The average molecular weight is 255 g/mol. The molecule has 1 aromatic heterocycles. The van der Waals surface area contributed by atoms with Crippen LogP contribution in [0.25, 0.3) is 0 Å². The molecule has 3 heteroatoms. The lowest BCUT2D eigenvalue weighted by Crippen LogP contribution is -2.18. The highest BCUT2D eigenvalue weighted by atomic mass is 79.9. The second-order valence-corrected chi connectivity index (χ2v) is 4.45. The predicted octanol–water partition coefficient (Wildman–Crippen LogP) is 2.62. The molecule has 1 fully saturated rings. The Morgan fingerprint density at radius 2 is 2.07 bits per heavy atom. The van der Waals surface area contributed by atoms with Crippen molar-refractivity contribution in [2.75, 3.05) is 23.3 Å². The van der Waals surface area contributed by atoms with Gasteiger partial charge in [-0.3, -0.25) is 0 Å². The standard InChI is InChI=1S/C11H15BrN2/c12-6-5-10-3-4-11(13-9-10)14-7-1-2-8-14/h3-4,9H,1-2,5-8H2. The molecule has 0 unspecified atom stereocenters. The minimum Gasteiger partial charge on any atom is -0.357 e. The lowest BCUT2D eigenvalue weighted by molar-refractivity contribution is 0.932. The molecular weight excluding hydrogens is 240 g/mol. The first kappa shape index (κ1) is 9.97. The van der Waals surface area contributed by atoms with Crippen LogP contribution in [0.1, 0.15) is 18.4 Å². The summed E-state index contributed by atoms with van der Waals surface area (Å²) in [5.41, 5.74) is 1.31. The van der Waals surface area contributed by atoms with Crippen LogP contribution in [-0.2, 0) is 6.42 Å². The fourth-order valence-electron chi connectivity index (χ4n) is 1.81. The van der Waals surface area contributed by atoms with Crippen molar-refractivity contribution in [2.24, 2.45) is 0 Å². The first-order chi connectivity index (χ1) is 6.90. The predicted molar refractivity (Wildman–Crippen MR) is 63.2 cm³/mol. The zero-order chi connectivity index (χ0) is 9.80. The number of hydrogen-bond acceptors (Lipinski definition) is 2. The van der Waals surface area contributed by atoms with Crippen molar-refractivity contribution >= 4 is 21.7 Å². The van der Waals surface area contributed by atoms with Crippen LogP contribution < -0.4 is 4.90 Å². The van der Waals surface area contributed by atoms with Gasteiger partial charge in [-0.1, -0.05) is 22.0 Å². The van der Waals surface area contributed by atoms with E-state index < -0.39 is 0 Å². The highest BCUT2D eigenvalue weighted by molar-refractivity contribution is 9.09. The number of hydrogen-bond donors (Lipinski definition) is 0. The van der Waals surface area contributed by atoms with Gasteiger partial charge in [-0.15, -0.1) is 0 Å². The van der Waals surface area contributed by atoms with Crippen LogP contribution in [0.5, 0.6) is 0 Å². The maximum absolute atomic E-state index is 4.48. The summed E-state index contributed by atoms with van der Waals surface area (Å²) in [6, 6.07) is 4.32. The largest absolute Gasteiger partial charge is 0.357 e. The van der Waals surface area contributed by atoms with E-state index in [-0.39, 0.29) is 0 Å². The molecule has 14 heavy (non-hydrogen) atoms. The highest BCUT2D eigenvalue weighted by Crippen LogP contribution is 2.17. The van der Waals surface area contributed by atoms with Gasteiger partial charge in [0.05, 0.1) is 0 Å². The van der Waals surface area contributed by atoms with E-state index in [1.54, 1.807) is 0 Å². The Hall–Kier alpha value is -0.570. The first-order valence-electron chi connectivity index (χ1n) is 5.16. The van der Waals surface area contributed by atoms with Crippen molar-refractivity contribution in [1.82, 2.24) is 4.98 Å². The number of rotatable bonds is 3. The molecule has 2 heterocycles. The summed E-state index contributed by atoms with van der Waals surface area (Å²) >= 11 is 3.43. The average Bonchev–Trinajstić information content (AvgIpc) is 2.72. The normalized spacial score (nSPS) is 16.2. The van der Waals surface area contributed by atoms with E-state index in [9.17, 15) is 0 Å². The molecule has 0 aliphatic carbocycles. The van der Waals surface area contributed by atoms with Gasteiger partial charge in [-0.25, -0.2) is 4.98 Å². The Balaban J connectivity index is 2.05. The van der Waals surface area contributed by atoms with Crippen LogP contribution in [0.4, 0.5) is 5.82 Å². The SMILES string of the molecule is BrCCc1ccc(N2CCCC2)nc1. The molecule has 0 atom stereocenters. The van der Waals surface area contributed by atoms with E-state index in [2.05, 4.69) is 37.9 Å². The molecule has 0 N–H and O–H groups in total. The molecule has 1 aromatic rings. The van der Waals surface area contributed by atoms with Crippen molar-refractivity contribution in [1.29, 1.82) is 0 Å². The van der Waals surface area contributed by atoms with Crippen LogP contribution in [0.15, 0.2) is 18.3 Å². The number of aromatic nitrogens is 1. The summed E-state index contributed by atoms with van der Waals surface area (Å²) in [6.07, 6.45) is 5.68. The first-order valence-corrected chi connectivity index (χ1v) is 6.28. The van der Waals surface area contributed by atoms with E-state index >= 15 is 0 Å². The second-order valence-electron chi connectivity index (χ2n) is 3.66. The lowest BCUT2D eigenvalue weighted by atomic mass is 10.2. The van der Waals surface area contributed by atoms with Crippen molar-refractivity contribution in [3.8, 4) is 0 Å². The zero-order valence-electron chi connectivity index (χ0n) is 8.25. The third-order valence-corrected chi connectivity index (χ3v) is 3.02. The minimum atomic E-state index is 1.01. The summed E-state index contributed by atoms with van der Waals surface area (Å²) in [5.74, 6) is 1.14. The fourth-order valence-corrected chi connectivity index (χ4v) is 2.26. The number of halogens is 1. The molecule has 0 saturated carbocycles. The van der Waals surface area contributed by atoms with Crippen LogP contribution in [0, 0.1) is 0 Å². The molecule has 1 aliphatic rings. The Kier molecular flexibility index (Phi) is 3.40. The van der Waals surface area contributed by atoms with Crippen LogP contribution in [0.3, 0.4) is 0 Å². The Labute approximate surface area is 93.5 Å². The van der Waals surface area contributed by atoms with Crippen molar-refractivity contribution < 1.29 is 0 Å². The van der Waals surface area contributed by atoms with E-state index in [0.29, 0.717) is 0 Å². The third kappa shape index (κ3) is 2.27. The van der Waals surface area contributed by atoms with E-state index in [0.717, 1.165) is 17.6 Å². The highest BCUT2D eigenvalue weighted by Gasteiger charge is 2.12. The third-order valence-electron chi connectivity index (χ3n) is 2.62. The summed E-state index contributed by atoms with van der Waals surface area (Å²) in [4.78, 5) is 6.84. The minimum absolute atomic E-state index is 1.01. The number of pyridine rings is 1. The molecule has 2 nitrogen and oxygen atoms in total. The van der Waals surface area contributed by atoms with Gasteiger partial charge in [0.15, 0.2) is 0 Å². The Morgan fingerprint density at radius 3 is 2.64 bits per heavy atom. The zero-order valence-corrected chi connectivity index (χ0v) is 9.83. The number of anilines is 1. The molecule has 0 bridgehead atoms. The van der Waals surface area contributed by atoms with Gasteiger partial charge in [0.1, 0.15) is 5.82 Å². The van der Waals surface area contributed by atoms with Gasteiger partial charge in [0.2, 0.25) is 0 Å². The summed E-state index contributed by atoms with van der Waals surface area (Å²) < 4.78 is 0. The van der Waals surface area contributed by atoms with Gasteiger partial charge in [0.25, 0.3) is 0 Å². The topological polar surface area (TPSA) is 16.1 Å². The molecule has 0 amide bonds. The maximum Gasteiger partial charge on any atom is 0.128 e. The van der Waals surface area contributed by atoms with Gasteiger partial charge < -0.3 is 4.90 Å². The lowest BCUT2D eigenvalue weighted by Gasteiger charge is -2.15.